The average molecular weight is 680 g/mol. The average Bonchev–Trinajstić information content (AvgIpc) is 3.70. The Morgan fingerprint density at radius 1 is 1.14 bits per heavy atom. The maximum absolute atomic E-state index is 13.8. The van der Waals surface area contributed by atoms with E-state index >= 15 is 0 Å². The van der Waals surface area contributed by atoms with Gasteiger partial charge in [0.1, 0.15) is 11.6 Å². The number of carbonyl (C=O) groups is 3. The van der Waals surface area contributed by atoms with Crippen LogP contribution in [-0.2, 0) is 28.9 Å². The molecule has 11 nitrogen and oxygen atoms in total. The van der Waals surface area contributed by atoms with Crippen LogP contribution in [0, 0.1) is 25.8 Å². The minimum atomic E-state index is -0.875. The maximum atomic E-state index is 13.8. The molecule has 0 atom stereocenters. The summed E-state index contributed by atoms with van der Waals surface area (Å²) < 4.78 is 21.3. The molecule has 1 fully saturated rings. The third kappa shape index (κ3) is 6.46. The van der Waals surface area contributed by atoms with E-state index in [4.69, 9.17) is 14.9 Å². The molecule has 1 saturated carbocycles. The van der Waals surface area contributed by atoms with Crippen LogP contribution >= 0.6 is 0 Å². The first kappa shape index (κ1) is 35.5. The quantitative estimate of drug-likeness (QED) is 0.110. The number of aliphatic hydroxyl groups is 2. The van der Waals surface area contributed by atoms with Crippen LogP contribution in [0.1, 0.15) is 53.3 Å². The van der Waals surface area contributed by atoms with Gasteiger partial charge in [-0.3, -0.25) is 24.3 Å². The number of carbonyl (C=O) groups excluding carboxylic acids is 3. The van der Waals surface area contributed by atoms with E-state index < -0.39 is 23.2 Å². The first-order valence-electron chi connectivity index (χ1n) is 12.9. The number of benzene rings is 2. The topological polar surface area (TPSA) is 174 Å². The Morgan fingerprint density at radius 2 is 1.74 bits per heavy atom. The zero-order valence-corrected chi connectivity index (χ0v) is 25.5. The fourth-order valence-electron chi connectivity index (χ4n) is 5.21. The SMILES string of the molecule is CC(CO)(CO)NC(=O)C1CCCC1.CN1C(=O)c2c(c3c4cc(O)ccc4[n-]c3c3ncc(F)cc23)C1=O.[C-]#[O+].[CH3-].[Ru+2]. The van der Waals surface area contributed by atoms with Gasteiger partial charge in [0.05, 0.1) is 41.6 Å². The molecule has 0 bridgehead atoms. The van der Waals surface area contributed by atoms with Crippen molar-refractivity contribution in [2.45, 2.75) is 38.1 Å². The molecular weight excluding hydrogens is 648 g/mol. The third-order valence-electron chi connectivity index (χ3n) is 7.45. The van der Waals surface area contributed by atoms with Crippen LogP contribution in [-0.4, -0.2) is 68.7 Å². The number of aliphatic hydroxyl groups excluding tert-OH is 2. The summed E-state index contributed by atoms with van der Waals surface area (Å²) in [5, 5.41) is 31.8. The molecule has 228 valence electrons. The van der Waals surface area contributed by atoms with Crippen LogP contribution in [0.2, 0.25) is 0 Å². The second-order valence-electron chi connectivity index (χ2n) is 10.4. The summed E-state index contributed by atoms with van der Waals surface area (Å²) in [6, 6.07) is 5.80. The van der Waals surface area contributed by atoms with E-state index in [1.165, 1.54) is 25.2 Å². The van der Waals surface area contributed by atoms with Crippen molar-refractivity contribution in [3.05, 3.63) is 61.5 Å². The Morgan fingerprint density at radius 3 is 2.35 bits per heavy atom. The van der Waals surface area contributed by atoms with Crippen LogP contribution in [0.15, 0.2) is 30.5 Å². The number of phenols is 1. The molecule has 3 amide bonds. The van der Waals surface area contributed by atoms with Gasteiger partial charge in [0.2, 0.25) is 5.91 Å². The van der Waals surface area contributed by atoms with E-state index in [1.807, 2.05) is 0 Å². The number of rotatable bonds is 4. The van der Waals surface area contributed by atoms with Gasteiger partial charge in [-0.2, -0.15) is 0 Å². The number of amides is 3. The molecular formula is C30H31FN4O7Ru. The summed E-state index contributed by atoms with van der Waals surface area (Å²) in [5.41, 5.74) is 0.742. The molecule has 43 heavy (non-hydrogen) atoms. The Balaban J connectivity index is 0.000000311. The van der Waals surface area contributed by atoms with Crippen molar-refractivity contribution in [2.75, 3.05) is 20.3 Å². The monoisotopic (exact) mass is 680 g/mol. The number of hydrogen-bond donors (Lipinski definition) is 4. The molecule has 2 aromatic carbocycles. The van der Waals surface area contributed by atoms with Crippen molar-refractivity contribution in [3.8, 4) is 5.75 Å². The fraction of sp³-hybridized carbons (Fsp3) is 0.333. The molecule has 0 unspecified atom stereocenters. The summed E-state index contributed by atoms with van der Waals surface area (Å²) in [5.74, 6) is -1.52. The zero-order valence-electron chi connectivity index (χ0n) is 23.8. The van der Waals surface area contributed by atoms with Gasteiger partial charge in [-0.05, 0) is 48.7 Å². The zero-order chi connectivity index (χ0) is 30.1. The van der Waals surface area contributed by atoms with Gasteiger partial charge >= 0.3 is 30.8 Å². The van der Waals surface area contributed by atoms with Crippen LogP contribution in [0.4, 0.5) is 4.39 Å². The van der Waals surface area contributed by atoms with Gasteiger partial charge in [0.15, 0.2) is 0 Å². The number of aromatic hydroxyl groups is 1. The first-order valence-corrected chi connectivity index (χ1v) is 12.9. The van der Waals surface area contributed by atoms with E-state index in [-0.39, 0.29) is 74.2 Å². The van der Waals surface area contributed by atoms with Crippen LogP contribution in [0.3, 0.4) is 0 Å². The second kappa shape index (κ2) is 14.2. The molecule has 1 aliphatic heterocycles. The largest absolute Gasteiger partial charge is 2.00 e. The van der Waals surface area contributed by atoms with Crippen molar-refractivity contribution in [2.24, 2.45) is 5.92 Å². The van der Waals surface area contributed by atoms with Crippen LogP contribution in [0.5, 0.6) is 5.75 Å². The molecule has 4 N–H and O–H groups in total. The molecule has 3 heterocycles. The summed E-state index contributed by atoms with van der Waals surface area (Å²) in [6.07, 6.45) is 5.12. The minimum absolute atomic E-state index is 0. The maximum Gasteiger partial charge on any atom is 2.00 e. The van der Waals surface area contributed by atoms with E-state index in [2.05, 4.69) is 21.9 Å². The predicted molar refractivity (Wildman–Crippen MR) is 151 cm³/mol. The summed E-state index contributed by atoms with van der Waals surface area (Å²) in [4.78, 5) is 46.5. The molecule has 2 aliphatic rings. The molecule has 0 saturated heterocycles. The third-order valence-corrected chi connectivity index (χ3v) is 7.45. The first-order chi connectivity index (χ1) is 19.6. The predicted octanol–water partition coefficient (Wildman–Crippen LogP) is 3.02. The number of phenolic OH excluding ortho intramolecular Hbond substituents is 1. The number of fused-ring (bicyclic) bond motifs is 8. The molecule has 4 aromatic rings. The van der Waals surface area contributed by atoms with Crippen molar-refractivity contribution < 1.29 is 58.2 Å². The van der Waals surface area contributed by atoms with Gasteiger partial charge < -0.3 is 33.0 Å². The van der Waals surface area contributed by atoms with Crippen LogP contribution in [0.25, 0.3) is 32.7 Å². The van der Waals surface area contributed by atoms with Crippen molar-refractivity contribution in [1.29, 1.82) is 0 Å². The van der Waals surface area contributed by atoms with E-state index in [0.29, 0.717) is 27.3 Å². The Bertz CT molecular complexity index is 1690. The Kier molecular flexibility index (Phi) is 11.7. The van der Waals surface area contributed by atoms with Crippen molar-refractivity contribution in [3.63, 3.8) is 0 Å². The van der Waals surface area contributed by atoms with Gasteiger partial charge in [0.25, 0.3) is 11.8 Å². The van der Waals surface area contributed by atoms with Gasteiger partial charge in [-0.1, -0.05) is 18.9 Å². The number of pyridine rings is 1. The molecule has 0 spiro atoms. The van der Waals surface area contributed by atoms with Gasteiger partial charge in [-0.15, -0.1) is 11.0 Å². The van der Waals surface area contributed by atoms with E-state index in [1.54, 1.807) is 13.0 Å². The van der Waals surface area contributed by atoms with Gasteiger partial charge in [-0.25, -0.2) is 4.39 Å². The molecule has 6 rings (SSSR count). The Hall–Kier alpha value is -3.73. The normalized spacial score (nSPS) is 14.3. The minimum Gasteiger partial charge on any atom is -0.358 e. The molecule has 0 radical (unpaired) electrons. The van der Waals surface area contributed by atoms with Crippen LogP contribution < -0.4 is 10.3 Å². The molecule has 2 aromatic heterocycles. The number of imide groups is 1. The molecule has 13 heteroatoms. The molecule has 1 aliphatic carbocycles. The second-order valence-corrected chi connectivity index (χ2v) is 10.4. The fourth-order valence-corrected chi connectivity index (χ4v) is 5.21. The van der Waals surface area contributed by atoms with Crippen molar-refractivity contribution >= 4 is 50.4 Å². The van der Waals surface area contributed by atoms with Gasteiger partial charge in [0, 0.05) is 18.4 Å². The number of hydrogen-bond acceptors (Lipinski definition) is 7. The smallest absolute Gasteiger partial charge is 0.358 e. The van der Waals surface area contributed by atoms with E-state index in [9.17, 15) is 23.9 Å². The number of aromatic nitrogens is 2. The summed E-state index contributed by atoms with van der Waals surface area (Å²) in [7, 11) is 1.38. The van der Waals surface area contributed by atoms with E-state index in [0.717, 1.165) is 36.8 Å². The summed E-state index contributed by atoms with van der Waals surface area (Å²) >= 11 is 0. The number of halogens is 1. The van der Waals surface area contributed by atoms with Crippen molar-refractivity contribution in [1.82, 2.24) is 20.2 Å². The number of nitrogens with zero attached hydrogens (tertiary/aromatic N) is 3. The standard InChI is InChI=1S/C18H10FN3O3.C10H19NO3.CO.CH3.Ru/c1-22-17(24)13-10-4-7(19)6-20-15(10)16-12(14(13)18(22)25)9-5-8(23)2-3-11(9)21-16;1-10(6-12,7-13)11-9(14)8-4-2-3-5-8;1-2;;/h2-6H,1H3,(H2,20,21,23,24,25);8,12-13H,2-7H2,1H3,(H,11,14);;1H3;/q;;;-1;+2/p-1. The summed E-state index contributed by atoms with van der Waals surface area (Å²) in [6.45, 7) is 5.67. The number of nitrogens with one attached hydrogen (secondary N) is 1. The Labute approximate surface area is 259 Å².